The fraction of sp³-hybridized carbons (Fsp3) is 0.500. The van der Waals surface area contributed by atoms with E-state index in [1.165, 1.54) is 17.3 Å². The van der Waals surface area contributed by atoms with Gasteiger partial charge in [-0.15, -0.1) is 0 Å². The highest BCUT2D eigenvalue weighted by Crippen LogP contribution is 2.13. The first-order valence-electron chi connectivity index (χ1n) is 5.59. The summed E-state index contributed by atoms with van der Waals surface area (Å²) in [5, 5.41) is 3.92. The molecule has 0 fully saturated rings. The summed E-state index contributed by atoms with van der Waals surface area (Å²) >= 11 is 0. The van der Waals surface area contributed by atoms with Crippen LogP contribution >= 0.6 is 0 Å². The Balaban J connectivity index is 2.27. The number of nitrogen functional groups attached to an aromatic ring is 1. The van der Waals surface area contributed by atoms with Crippen LogP contribution in [0, 0.1) is 5.92 Å². The Bertz CT molecular complexity index is 511. The van der Waals surface area contributed by atoms with E-state index in [1.54, 1.807) is 0 Å². The smallest absolute Gasteiger partial charge is 0.323 e. The molecule has 18 heavy (non-hydrogen) atoms. The maximum absolute atomic E-state index is 5.61. The molecule has 0 bridgehead atoms. The van der Waals surface area contributed by atoms with Crippen molar-refractivity contribution in [2.45, 2.75) is 26.9 Å². The predicted molar refractivity (Wildman–Crippen MR) is 64.1 cm³/mol. The van der Waals surface area contributed by atoms with Crippen molar-refractivity contribution >= 4 is 5.95 Å². The Morgan fingerprint density at radius 3 is 2.61 bits per heavy atom. The molecule has 8 nitrogen and oxygen atoms in total. The van der Waals surface area contributed by atoms with E-state index in [0.29, 0.717) is 5.92 Å². The third-order valence-corrected chi connectivity index (χ3v) is 2.47. The van der Waals surface area contributed by atoms with Crippen LogP contribution in [0.3, 0.4) is 0 Å². The lowest BCUT2D eigenvalue weighted by atomic mass is 10.1. The van der Waals surface area contributed by atoms with Crippen molar-refractivity contribution in [1.29, 1.82) is 0 Å². The summed E-state index contributed by atoms with van der Waals surface area (Å²) in [6.45, 7) is 6.04. The normalized spacial score (nSPS) is 12.7. The first-order valence-corrected chi connectivity index (χ1v) is 5.59. The van der Waals surface area contributed by atoms with Crippen LogP contribution in [0.5, 0.6) is 6.01 Å². The number of hydrogen-bond donors (Lipinski definition) is 1. The van der Waals surface area contributed by atoms with E-state index in [0.717, 1.165) is 0 Å². The minimum atomic E-state index is -0.0182. The summed E-state index contributed by atoms with van der Waals surface area (Å²) < 4.78 is 6.99. The zero-order valence-corrected chi connectivity index (χ0v) is 10.5. The molecule has 2 N–H and O–H groups in total. The van der Waals surface area contributed by atoms with Crippen molar-refractivity contribution in [3.8, 4) is 12.0 Å². The Morgan fingerprint density at radius 2 is 2.00 bits per heavy atom. The van der Waals surface area contributed by atoms with Crippen molar-refractivity contribution in [2.75, 3.05) is 5.73 Å². The number of anilines is 1. The average Bonchev–Trinajstić information content (AvgIpc) is 2.81. The zero-order chi connectivity index (χ0) is 13.1. The van der Waals surface area contributed by atoms with E-state index in [2.05, 4.69) is 25.0 Å². The Kier molecular flexibility index (Phi) is 3.35. The van der Waals surface area contributed by atoms with Gasteiger partial charge in [0.25, 0.3) is 5.95 Å². The molecule has 0 saturated heterocycles. The number of ether oxygens (including phenoxy) is 1. The first-order chi connectivity index (χ1) is 8.56. The summed E-state index contributed by atoms with van der Waals surface area (Å²) in [7, 11) is 0. The molecule has 1 atom stereocenters. The summed E-state index contributed by atoms with van der Waals surface area (Å²) in [5.41, 5.74) is 5.61. The van der Waals surface area contributed by atoms with Crippen molar-refractivity contribution in [1.82, 2.24) is 29.7 Å². The van der Waals surface area contributed by atoms with E-state index in [9.17, 15) is 0 Å². The Labute approximate surface area is 104 Å². The molecule has 0 saturated carbocycles. The van der Waals surface area contributed by atoms with Gasteiger partial charge in [-0.05, 0) is 12.8 Å². The van der Waals surface area contributed by atoms with Gasteiger partial charge in [0.15, 0.2) is 0 Å². The molecule has 0 amide bonds. The van der Waals surface area contributed by atoms with E-state index >= 15 is 0 Å². The van der Waals surface area contributed by atoms with Crippen LogP contribution in [-0.4, -0.2) is 35.8 Å². The van der Waals surface area contributed by atoms with Crippen molar-refractivity contribution in [2.24, 2.45) is 5.92 Å². The van der Waals surface area contributed by atoms with E-state index in [4.69, 9.17) is 10.5 Å². The number of nitrogens with two attached hydrogens (primary N) is 1. The van der Waals surface area contributed by atoms with Crippen LogP contribution in [0.4, 0.5) is 5.95 Å². The van der Waals surface area contributed by atoms with Gasteiger partial charge >= 0.3 is 6.01 Å². The van der Waals surface area contributed by atoms with Crippen LogP contribution in [0.2, 0.25) is 0 Å². The van der Waals surface area contributed by atoms with Gasteiger partial charge in [-0.3, -0.25) is 0 Å². The molecule has 0 aliphatic rings. The predicted octanol–water partition coefficient (Wildman–Crippen LogP) is 0.458. The third kappa shape index (κ3) is 2.70. The summed E-state index contributed by atoms with van der Waals surface area (Å²) in [5.74, 6) is 0.713. The second-order valence-electron chi connectivity index (χ2n) is 4.18. The molecule has 2 aromatic rings. The zero-order valence-electron chi connectivity index (χ0n) is 10.5. The maximum Gasteiger partial charge on any atom is 0.323 e. The molecule has 8 heteroatoms. The molecule has 0 radical (unpaired) electrons. The lowest BCUT2D eigenvalue weighted by Crippen LogP contribution is -2.21. The van der Waals surface area contributed by atoms with Crippen LogP contribution in [-0.2, 0) is 0 Å². The van der Waals surface area contributed by atoms with Gasteiger partial charge in [0.1, 0.15) is 18.8 Å². The molecule has 2 heterocycles. The minimum absolute atomic E-state index is 0.0182. The standard InChI is InChI=1S/C10H15N7O/c1-6(2)7(3)18-10-15-8(11)14-9(16-10)17-5-12-4-13-17/h4-7H,1-3H3,(H2,11,14,15,16). The number of hydrogen-bond acceptors (Lipinski definition) is 7. The van der Waals surface area contributed by atoms with Crippen LogP contribution < -0.4 is 10.5 Å². The van der Waals surface area contributed by atoms with Crippen LogP contribution in [0.15, 0.2) is 12.7 Å². The molecule has 1 unspecified atom stereocenters. The maximum atomic E-state index is 5.61. The van der Waals surface area contributed by atoms with E-state index < -0.39 is 0 Å². The molecule has 2 aromatic heterocycles. The van der Waals surface area contributed by atoms with Gasteiger partial charge in [-0.1, -0.05) is 13.8 Å². The van der Waals surface area contributed by atoms with E-state index in [-0.39, 0.29) is 24.0 Å². The highest BCUT2D eigenvalue weighted by atomic mass is 16.5. The minimum Gasteiger partial charge on any atom is -0.460 e. The first kappa shape index (κ1) is 12.2. The average molecular weight is 249 g/mol. The van der Waals surface area contributed by atoms with Crippen LogP contribution in [0.1, 0.15) is 20.8 Å². The van der Waals surface area contributed by atoms with Gasteiger partial charge < -0.3 is 10.5 Å². The lowest BCUT2D eigenvalue weighted by molar-refractivity contribution is 0.155. The SMILES string of the molecule is CC(C)C(C)Oc1nc(N)nc(-n2cncn2)n1. The van der Waals surface area contributed by atoms with Gasteiger partial charge in [-0.2, -0.15) is 24.7 Å². The highest BCUT2D eigenvalue weighted by molar-refractivity contribution is 5.24. The summed E-state index contributed by atoms with van der Waals surface area (Å²) in [4.78, 5) is 15.9. The molecule has 0 aliphatic carbocycles. The number of rotatable bonds is 4. The second kappa shape index (κ2) is 4.94. The van der Waals surface area contributed by atoms with Gasteiger partial charge in [0, 0.05) is 0 Å². The van der Waals surface area contributed by atoms with Gasteiger partial charge in [0.05, 0.1) is 0 Å². The fourth-order valence-corrected chi connectivity index (χ4v) is 1.13. The van der Waals surface area contributed by atoms with E-state index in [1.807, 2.05) is 20.8 Å². The molecule has 0 aromatic carbocycles. The highest BCUT2D eigenvalue weighted by Gasteiger charge is 2.13. The second-order valence-corrected chi connectivity index (χ2v) is 4.18. The van der Waals surface area contributed by atoms with Gasteiger partial charge in [0.2, 0.25) is 5.95 Å². The summed E-state index contributed by atoms with van der Waals surface area (Å²) in [6, 6.07) is 0.189. The summed E-state index contributed by atoms with van der Waals surface area (Å²) in [6.07, 6.45) is 2.84. The number of nitrogens with zero attached hydrogens (tertiary/aromatic N) is 6. The third-order valence-electron chi connectivity index (χ3n) is 2.47. The molecular weight excluding hydrogens is 234 g/mol. The molecule has 0 aliphatic heterocycles. The molecule has 0 spiro atoms. The van der Waals surface area contributed by atoms with Crippen molar-refractivity contribution in [3.05, 3.63) is 12.7 Å². The van der Waals surface area contributed by atoms with Crippen molar-refractivity contribution in [3.63, 3.8) is 0 Å². The molecular formula is C10H15N7O. The van der Waals surface area contributed by atoms with Crippen molar-refractivity contribution < 1.29 is 4.74 Å². The molecule has 96 valence electrons. The topological polar surface area (TPSA) is 105 Å². The Hall–Kier alpha value is -2.25. The number of aromatic nitrogens is 6. The van der Waals surface area contributed by atoms with Crippen LogP contribution in [0.25, 0.3) is 5.95 Å². The monoisotopic (exact) mass is 249 g/mol. The quantitative estimate of drug-likeness (QED) is 0.839. The largest absolute Gasteiger partial charge is 0.460 e. The Morgan fingerprint density at radius 1 is 1.22 bits per heavy atom. The molecule has 2 rings (SSSR count). The lowest BCUT2D eigenvalue weighted by Gasteiger charge is -2.16. The van der Waals surface area contributed by atoms with Gasteiger partial charge in [-0.25, -0.2) is 4.98 Å². The fourth-order valence-electron chi connectivity index (χ4n) is 1.13.